The van der Waals surface area contributed by atoms with Crippen LogP contribution in [0.15, 0.2) is 28.8 Å². The molecule has 5 heteroatoms. The van der Waals surface area contributed by atoms with Crippen molar-refractivity contribution >= 4 is 5.91 Å². The van der Waals surface area contributed by atoms with Crippen LogP contribution in [0.25, 0.3) is 0 Å². The molecule has 0 spiro atoms. The monoisotopic (exact) mass is 260 g/mol. The van der Waals surface area contributed by atoms with E-state index in [0.717, 1.165) is 5.56 Å². The molecule has 0 bridgehead atoms. The normalized spacial score (nSPS) is 12.2. The molecule has 19 heavy (non-hydrogen) atoms. The molecule has 0 saturated heterocycles. The van der Waals surface area contributed by atoms with Crippen LogP contribution in [-0.4, -0.2) is 16.0 Å². The molecule has 2 rings (SSSR count). The second-order valence-electron chi connectivity index (χ2n) is 4.52. The van der Waals surface area contributed by atoms with E-state index in [1.165, 1.54) is 0 Å². The summed E-state index contributed by atoms with van der Waals surface area (Å²) in [6.45, 7) is 5.41. The maximum Gasteiger partial charge on any atom is 0.255 e. The van der Waals surface area contributed by atoms with Gasteiger partial charge in [0.2, 0.25) is 5.89 Å². The van der Waals surface area contributed by atoms with Gasteiger partial charge in [-0.3, -0.25) is 4.79 Å². The number of aromatic hydroxyl groups is 1. The van der Waals surface area contributed by atoms with Crippen LogP contribution in [0.2, 0.25) is 0 Å². The number of nitrogens with one attached hydrogen (secondary N) is 1. The molecular weight excluding hydrogens is 244 g/mol. The lowest BCUT2D eigenvalue weighted by Gasteiger charge is -2.11. The fraction of sp³-hybridized carbons (Fsp3) is 0.286. The van der Waals surface area contributed by atoms with Crippen LogP contribution in [0, 0.1) is 13.8 Å². The van der Waals surface area contributed by atoms with E-state index in [2.05, 4.69) is 10.3 Å². The first-order valence-corrected chi connectivity index (χ1v) is 6.00. The molecule has 0 radical (unpaired) electrons. The minimum absolute atomic E-state index is 0.0340. The van der Waals surface area contributed by atoms with Crippen LogP contribution < -0.4 is 5.32 Å². The third-order valence-electron chi connectivity index (χ3n) is 2.76. The number of oxazole rings is 1. The van der Waals surface area contributed by atoms with E-state index in [1.54, 1.807) is 38.2 Å². The first-order valence-electron chi connectivity index (χ1n) is 6.00. The number of phenolic OH excluding ortho intramolecular Hbond substituents is 1. The summed E-state index contributed by atoms with van der Waals surface area (Å²) in [5, 5.41) is 12.5. The van der Waals surface area contributed by atoms with Crippen molar-refractivity contribution < 1.29 is 14.3 Å². The van der Waals surface area contributed by atoms with Gasteiger partial charge in [0, 0.05) is 0 Å². The first kappa shape index (κ1) is 13.1. The summed E-state index contributed by atoms with van der Waals surface area (Å²) in [6, 6.07) is 4.55. The fourth-order valence-electron chi connectivity index (χ4n) is 1.74. The SMILES string of the molecule is Cc1ccc(C(=O)NC(C)c2ncc(C)o2)c(O)c1. The summed E-state index contributed by atoms with van der Waals surface area (Å²) >= 11 is 0. The second kappa shape index (κ2) is 5.14. The molecule has 1 unspecified atom stereocenters. The van der Waals surface area contributed by atoms with Crippen LogP contribution in [0.5, 0.6) is 5.75 Å². The highest BCUT2D eigenvalue weighted by Crippen LogP contribution is 2.20. The van der Waals surface area contributed by atoms with Crippen LogP contribution in [0.1, 0.15) is 40.5 Å². The topological polar surface area (TPSA) is 75.4 Å². The van der Waals surface area contributed by atoms with Crippen molar-refractivity contribution in [3.8, 4) is 5.75 Å². The fourth-order valence-corrected chi connectivity index (χ4v) is 1.74. The zero-order chi connectivity index (χ0) is 14.0. The highest BCUT2D eigenvalue weighted by Gasteiger charge is 2.17. The highest BCUT2D eigenvalue weighted by molar-refractivity contribution is 5.97. The molecule has 5 nitrogen and oxygen atoms in total. The Labute approximate surface area is 111 Å². The number of rotatable bonds is 3. The largest absolute Gasteiger partial charge is 0.507 e. The molecule has 1 aromatic heterocycles. The third kappa shape index (κ3) is 2.93. The summed E-state index contributed by atoms with van der Waals surface area (Å²) in [6.07, 6.45) is 1.60. The average Bonchev–Trinajstić information content (AvgIpc) is 2.75. The lowest BCUT2D eigenvalue weighted by atomic mass is 10.1. The zero-order valence-electron chi connectivity index (χ0n) is 11.1. The molecule has 0 aliphatic heterocycles. The van der Waals surface area contributed by atoms with Gasteiger partial charge in [0.25, 0.3) is 5.91 Å². The molecular formula is C14H16N2O3. The molecule has 2 aromatic rings. The number of phenols is 1. The minimum Gasteiger partial charge on any atom is -0.507 e. The van der Waals surface area contributed by atoms with Crippen LogP contribution in [0.4, 0.5) is 0 Å². The number of aromatic nitrogens is 1. The van der Waals surface area contributed by atoms with Gasteiger partial charge < -0.3 is 14.8 Å². The van der Waals surface area contributed by atoms with Crippen molar-refractivity contribution in [2.75, 3.05) is 0 Å². The standard InChI is InChI=1S/C14H16N2O3/c1-8-4-5-11(12(17)6-8)13(18)16-10(3)14-15-7-9(2)19-14/h4-7,10,17H,1-3H3,(H,16,18). The lowest BCUT2D eigenvalue weighted by molar-refractivity contribution is 0.0931. The number of carbonyl (C=O) groups excluding carboxylic acids is 1. The summed E-state index contributed by atoms with van der Waals surface area (Å²) in [4.78, 5) is 16.1. The lowest BCUT2D eigenvalue weighted by Crippen LogP contribution is -2.26. The van der Waals surface area contributed by atoms with Gasteiger partial charge >= 0.3 is 0 Å². The molecule has 1 atom stereocenters. The summed E-state index contributed by atoms with van der Waals surface area (Å²) in [7, 11) is 0. The highest BCUT2D eigenvalue weighted by atomic mass is 16.4. The van der Waals surface area contributed by atoms with Gasteiger partial charge in [0.1, 0.15) is 17.6 Å². The number of aryl methyl sites for hydroxylation is 2. The predicted octanol–water partition coefficient (Wildman–Crippen LogP) is 2.49. The van der Waals surface area contributed by atoms with E-state index in [0.29, 0.717) is 11.7 Å². The minimum atomic E-state index is -0.360. The smallest absolute Gasteiger partial charge is 0.255 e. The molecule has 1 aromatic carbocycles. The van der Waals surface area contributed by atoms with E-state index < -0.39 is 0 Å². The zero-order valence-corrected chi connectivity index (χ0v) is 11.1. The predicted molar refractivity (Wildman–Crippen MR) is 70.0 cm³/mol. The number of amides is 1. The van der Waals surface area contributed by atoms with Gasteiger partial charge in [0.05, 0.1) is 11.8 Å². The molecule has 0 fully saturated rings. The molecule has 1 amide bonds. The maximum atomic E-state index is 12.0. The Bertz CT molecular complexity index is 604. The Morgan fingerprint density at radius 2 is 2.16 bits per heavy atom. The molecule has 0 aliphatic carbocycles. The van der Waals surface area contributed by atoms with Gasteiger partial charge in [-0.1, -0.05) is 6.07 Å². The number of hydrogen-bond donors (Lipinski definition) is 2. The van der Waals surface area contributed by atoms with Gasteiger partial charge in [-0.25, -0.2) is 4.98 Å². The summed E-state index contributed by atoms with van der Waals surface area (Å²) in [5.41, 5.74) is 1.13. The Morgan fingerprint density at radius 1 is 1.42 bits per heavy atom. The quantitative estimate of drug-likeness (QED) is 0.889. The van der Waals surface area contributed by atoms with Crippen molar-refractivity contribution in [3.05, 3.63) is 47.2 Å². The number of nitrogens with zero attached hydrogens (tertiary/aromatic N) is 1. The molecule has 0 saturated carbocycles. The Balaban J connectivity index is 2.12. The van der Waals surface area contributed by atoms with Crippen molar-refractivity contribution in [2.45, 2.75) is 26.8 Å². The van der Waals surface area contributed by atoms with Crippen LogP contribution >= 0.6 is 0 Å². The van der Waals surface area contributed by atoms with Gasteiger partial charge in [-0.2, -0.15) is 0 Å². The summed E-state index contributed by atoms with van der Waals surface area (Å²) in [5.74, 6) is 0.737. The van der Waals surface area contributed by atoms with Crippen molar-refractivity contribution in [1.82, 2.24) is 10.3 Å². The number of benzene rings is 1. The Kier molecular flexibility index (Phi) is 3.55. The first-order chi connectivity index (χ1) is 8.97. The van der Waals surface area contributed by atoms with E-state index in [-0.39, 0.29) is 23.3 Å². The Morgan fingerprint density at radius 3 is 2.74 bits per heavy atom. The molecule has 100 valence electrons. The molecule has 1 heterocycles. The third-order valence-corrected chi connectivity index (χ3v) is 2.76. The van der Waals surface area contributed by atoms with Gasteiger partial charge in [-0.05, 0) is 38.5 Å². The van der Waals surface area contributed by atoms with Crippen molar-refractivity contribution in [3.63, 3.8) is 0 Å². The van der Waals surface area contributed by atoms with E-state index in [4.69, 9.17) is 4.42 Å². The van der Waals surface area contributed by atoms with E-state index in [1.807, 2.05) is 6.92 Å². The number of carbonyl (C=O) groups is 1. The molecule has 2 N–H and O–H groups in total. The van der Waals surface area contributed by atoms with Crippen molar-refractivity contribution in [2.24, 2.45) is 0 Å². The Hall–Kier alpha value is -2.30. The second-order valence-corrected chi connectivity index (χ2v) is 4.52. The van der Waals surface area contributed by atoms with Gasteiger partial charge in [0.15, 0.2) is 0 Å². The summed E-state index contributed by atoms with van der Waals surface area (Å²) < 4.78 is 5.34. The van der Waals surface area contributed by atoms with Crippen LogP contribution in [-0.2, 0) is 0 Å². The van der Waals surface area contributed by atoms with E-state index in [9.17, 15) is 9.90 Å². The van der Waals surface area contributed by atoms with Crippen LogP contribution in [0.3, 0.4) is 0 Å². The van der Waals surface area contributed by atoms with Crippen molar-refractivity contribution in [1.29, 1.82) is 0 Å². The maximum absolute atomic E-state index is 12.0. The van der Waals surface area contributed by atoms with E-state index >= 15 is 0 Å². The average molecular weight is 260 g/mol. The molecule has 0 aliphatic rings. The van der Waals surface area contributed by atoms with Gasteiger partial charge in [-0.15, -0.1) is 0 Å². The number of hydrogen-bond acceptors (Lipinski definition) is 4.